The number of methoxy groups -OCH3 is 1. The van der Waals surface area contributed by atoms with Gasteiger partial charge in [-0.05, 0) is 6.42 Å². The van der Waals surface area contributed by atoms with Gasteiger partial charge in [-0.2, -0.15) is 0 Å². The van der Waals surface area contributed by atoms with E-state index in [4.69, 9.17) is 9.84 Å². The molecule has 1 atom stereocenters. The average molecular weight is 274 g/mol. The van der Waals surface area contributed by atoms with Crippen LogP contribution >= 0.6 is 0 Å². The van der Waals surface area contributed by atoms with Crippen molar-refractivity contribution in [3.63, 3.8) is 0 Å². The second-order valence-corrected chi connectivity index (χ2v) is 4.51. The third-order valence-electron chi connectivity index (χ3n) is 2.75. The second-order valence-electron chi connectivity index (χ2n) is 4.51. The Labute approximate surface area is 114 Å². The molecular formula is C13H26N2O4. The third kappa shape index (κ3) is 10.3. The maximum Gasteiger partial charge on any atom is 0.328 e. The lowest BCUT2D eigenvalue weighted by molar-refractivity contribution is -0.140. The molecule has 1 unspecified atom stereocenters. The number of aliphatic carboxylic acids is 1. The quantitative estimate of drug-likeness (QED) is 0.501. The maximum absolute atomic E-state index is 11.4. The summed E-state index contributed by atoms with van der Waals surface area (Å²) in [6, 6.07) is -1.47. The minimum Gasteiger partial charge on any atom is -0.480 e. The SMILES string of the molecule is CCCCCCCCNC(=O)NC(COC)C(=O)O. The van der Waals surface area contributed by atoms with Gasteiger partial charge in [0.2, 0.25) is 0 Å². The van der Waals surface area contributed by atoms with E-state index in [9.17, 15) is 9.59 Å². The summed E-state index contributed by atoms with van der Waals surface area (Å²) in [5, 5.41) is 13.8. The topological polar surface area (TPSA) is 87.7 Å². The van der Waals surface area contributed by atoms with Gasteiger partial charge in [0.15, 0.2) is 6.04 Å². The van der Waals surface area contributed by atoms with Crippen LogP contribution in [0.3, 0.4) is 0 Å². The summed E-state index contributed by atoms with van der Waals surface area (Å²) in [4.78, 5) is 22.2. The van der Waals surface area contributed by atoms with E-state index < -0.39 is 18.0 Å². The van der Waals surface area contributed by atoms with Gasteiger partial charge in [0.1, 0.15) is 0 Å². The molecule has 0 rings (SSSR count). The van der Waals surface area contributed by atoms with Gasteiger partial charge in [-0.3, -0.25) is 0 Å². The predicted octanol–water partition coefficient (Wildman–Crippen LogP) is 1.75. The minimum absolute atomic E-state index is 0.0419. The van der Waals surface area contributed by atoms with Crippen molar-refractivity contribution in [3.05, 3.63) is 0 Å². The Kier molecular flexibility index (Phi) is 11.0. The lowest BCUT2D eigenvalue weighted by atomic mass is 10.1. The molecule has 0 aliphatic rings. The molecule has 3 N–H and O–H groups in total. The Balaban J connectivity index is 3.60. The van der Waals surface area contributed by atoms with Crippen LogP contribution in [-0.2, 0) is 9.53 Å². The van der Waals surface area contributed by atoms with E-state index in [2.05, 4.69) is 17.6 Å². The van der Waals surface area contributed by atoms with Gasteiger partial charge in [0.25, 0.3) is 0 Å². The average Bonchev–Trinajstić information content (AvgIpc) is 2.37. The monoisotopic (exact) mass is 274 g/mol. The molecule has 112 valence electrons. The highest BCUT2D eigenvalue weighted by molar-refractivity contribution is 5.82. The molecule has 0 aliphatic heterocycles. The van der Waals surface area contributed by atoms with E-state index in [1.165, 1.54) is 32.8 Å². The zero-order valence-corrected chi connectivity index (χ0v) is 11.9. The molecule has 0 saturated heterocycles. The number of carbonyl (C=O) groups is 2. The van der Waals surface area contributed by atoms with E-state index in [1.54, 1.807) is 0 Å². The van der Waals surface area contributed by atoms with E-state index in [1.807, 2.05) is 0 Å². The van der Waals surface area contributed by atoms with Crippen molar-refractivity contribution in [1.29, 1.82) is 0 Å². The van der Waals surface area contributed by atoms with Crippen LogP contribution in [0, 0.1) is 0 Å². The van der Waals surface area contributed by atoms with Gasteiger partial charge in [0.05, 0.1) is 6.61 Å². The first-order valence-electron chi connectivity index (χ1n) is 6.88. The highest BCUT2D eigenvalue weighted by Crippen LogP contribution is 2.03. The van der Waals surface area contributed by atoms with Gasteiger partial charge in [-0.15, -0.1) is 0 Å². The number of carboxylic acid groups (broad SMARTS) is 1. The van der Waals surface area contributed by atoms with Gasteiger partial charge in [0, 0.05) is 13.7 Å². The van der Waals surface area contributed by atoms with Gasteiger partial charge in [-0.25, -0.2) is 9.59 Å². The molecule has 0 aliphatic carbocycles. The molecule has 0 aromatic heterocycles. The molecule has 0 saturated carbocycles. The summed E-state index contributed by atoms with van der Waals surface area (Å²) >= 11 is 0. The van der Waals surface area contributed by atoms with Crippen molar-refractivity contribution < 1.29 is 19.4 Å². The number of carboxylic acids is 1. The zero-order chi connectivity index (χ0) is 14.5. The first-order chi connectivity index (χ1) is 9.11. The number of nitrogens with one attached hydrogen (secondary N) is 2. The number of urea groups is 1. The number of amides is 2. The molecule has 2 amide bonds. The number of hydrogen-bond acceptors (Lipinski definition) is 3. The van der Waals surface area contributed by atoms with Crippen LogP contribution in [0.1, 0.15) is 45.4 Å². The van der Waals surface area contributed by atoms with Crippen LogP contribution < -0.4 is 10.6 Å². The number of carbonyl (C=O) groups excluding carboxylic acids is 1. The van der Waals surface area contributed by atoms with Gasteiger partial charge >= 0.3 is 12.0 Å². The predicted molar refractivity (Wildman–Crippen MR) is 73.2 cm³/mol. The Hall–Kier alpha value is -1.30. The van der Waals surface area contributed by atoms with Crippen LogP contribution in [0.25, 0.3) is 0 Å². The van der Waals surface area contributed by atoms with Crippen molar-refractivity contribution >= 4 is 12.0 Å². The number of unbranched alkanes of at least 4 members (excludes halogenated alkanes) is 5. The normalized spacial score (nSPS) is 11.9. The molecular weight excluding hydrogens is 248 g/mol. The Bertz CT molecular complexity index is 259. The van der Waals surface area contributed by atoms with E-state index >= 15 is 0 Å². The molecule has 0 heterocycles. The highest BCUT2D eigenvalue weighted by Gasteiger charge is 2.18. The number of ether oxygens (including phenoxy) is 1. The summed E-state index contributed by atoms with van der Waals surface area (Å²) in [6.07, 6.45) is 6.89. The van der Waals surface area contributed by atoms with E-state index in [0.717, 1.165) is 12.8 Å². The van der Waals surface area contributed by atoms with Crippen molar-refractivity contribution in [2.45, 2.75) is 51.5 Å². The minimum atomic E-state index is -1.10. The summed E-state index contributed by atoms with van der Waals surface area (Å²) in [7, 11) is 1.39. The van der Waals surface area contributed by atoms with Crippen molar-refractivity contribution in [2.24, 2.45) is 0 Å². The number of hydrogen-bond donors (Lipinski definition) is 3. The highest BCUT2D eigenvalue weighted by atomic mass is 16.5. The lowest BCUT2D eigenvalue weighted by Gasteiger charge is -2.14. The van der Waals surface area contributed by atoms with Crippen molar-refractivity contribution in [1.82, 2.24) is 10.6 Å². The maximum atomic E-state index is 11.4. The largest absolute Gasteiger partial charge is 0.480 e. The fourth-order valence-electron chi connectivity index (χ4n) is 1.66. The Morgan fingerprint density at radius 3 is 2.37 bits per heavy atom. The molecule has 0 aromatic carbocycles. The van der Waals surface area contributed by atoms with Crippen LogP contribution in [0.15, 0.2) is 0 Å². The van der Waals surface area contributed by atoms with E-state index in [-0.39, 0.29) is 6.61 Å². The van der Waals surface area contributed by atoms with Crippen LogP contribution in [0.4, 0.5) is 4.79 Å². The van der Waals surface area contributed by atoms with Crippen LogP contribution in [0.5, 0.6) is 0 Å². The molecule has 0 fully saturated rings. The smallest absolute Gasteiger partial charge is 0.328 e. The molecule has 0 spiro atoms. The third-order valence-corrected chi connectivity index (χ3v) is 2.75. The van der Waals surface area contributed by atoms with Crippen LogP contribution in [-0.4, -0.2) is 43.4 Å². The van der Waals surface area contributed by atoms with Gasteiger partial charge in [-0.1, -0.05) is 39.0 Å². The Morgan fingerprint density at radius 1 is 1.16 bits per heavy atom. The molecule has 19 heavy (non-hydrogen) atoms. The first-order valence-corrected chi connectivity index (χ1v) is 6.88. The summed E-state index contributed by atoms with van der Waals surface area (Å²) in [5.74, 6) is -1.10. The summed E-state index contributed by atoms with van der Waals surface area (Å²) < 4.78 is 4.72. The standard InChI is InChI=1S/C13H26N2O4/c1-3-4-5-6-7-8-9-14-13(18)15-11(10-19-2)12(16)17/h11H,3-10H2,1-2H3,(H,16,17)(H2,14,15,18). The van der Waals surface area contributed by atoms with Crippen molar-refractivity contribution in [3.8, 4) is 0 Å². The first kappa shape index (κ1) is 17.7. The fourth-order valence-corrected chi connectivity index (χ4v) is 1.66. The summed E-state index contributed by atoms with van der Waals surface area (Å²) in [6.45, 7) is 2.70. The van der Waals surface area contributed by atoms with E-state index in [0.29, 0.717) is 6.54 Å². The Morgan fingerprint density at radius 2 is 1.79 bits per heavy atom. The molecule has 0 bridgehead atoms. The second kappa shape index (κ2) is 11.8. The molecule has 0 aromatic rings. The van der Waals surface area contributed by atoms with Crippen LogP contribution in [0.2, 0.25) is 0 Å². The van der Waals surface area contributed by atoms with Gasteiger partial charge < -0.3 is 20.5 Å². The zero-order valence-electron chi connectivity index (χ0n) is 11.9. The van der Waals surface area contributed by atoms with Crippen molar-refractivity contribution in [2.75, 3.05) is 20.3 Å². The fraction of sp³-hybridized carbons (Fsp3) is 0.846. The molecule has 6 nitrogen and oxygen atoms in total. The molecule has 6 heteroatoms. The molecule has 0 radical (unpaired) electrons. The summed E-state index contributed by atoms with van der Waals surface area (Å²) in [5.41, 5.74) is 0. The number of rotatable bonds is 11. The lowest BCUT2D eigenvalue weighted by Crippen LogP contribution is -2.48.